The molecule has 0 aliphatic carbocycles. The van der Waals surface area contributed by atoms with Crippen LogP contribution < -0.4 is 4.31 Å². The minimum Gasteiger partial charge on any atom is -0.755 e. The maximum absolute atomic E-state index is 11.9. The van der Waals surface area contributed by atoms with Gasteiger partial charge in [-0.15, -0.1) is 11.3 Å². The van der Waals surface area contributed by atoms with Crippen molar-refractivity contribution in [2.24, 2.45) is 0 Å². The summed E-state index contributed by atoms with van der Waals surface area (Å²) in [7, 11) is 0. The first-order valence-corrected chi connectivity index (χ1v) is 9.35. The van der Waals surface area contributed by atoms with Gasteiger partial charge in [0.05, 0.1) is 22.6 Å². The number of nitrogens with zero attached hydrogens (tertiary/aromatic N) is 1. The highest BCUT2D eigenvalue weighted by Crippen LogP contribution is 2.41. The van der Waals surface area contributed by atoms with E-state index in [0.29, 0.717) is 21.7 Å². The summed E-state index contributed by atoms with van der Waals surface area (Å²) < 4.78 is 24.8. The molecule has 0 amide bonds. The van der Waals surface area contributed by atoms with E-state index in [1.54, 1.807) is 43.3 Å². The predicted molar refractivity (Wildman–Crippen MR) is 101 cm³/mol. The lowest BCUT2D eigenvalue weighted by molar-refractivity contribution is 0.0703. The Bertz CT molecular complexity index is 999. The molecule has 3 rings (SSSR count). The van der Waals surface area contributed by atoms with Crippen LogP contribution in [-0.4, -0.2) is 24.9 Å². The zero-order chi connectivity index (χ0) is 18.8. The van der Waals surface area contributed by atoms with Gasteiger partial charge in [-0.1, -0.05) is 30.3 Å². The van der Waals surface area contributed by atoms with Gasteiger partial charge in [-0.3, -0.25) is 8.51 Å². The molecule has 0 aliphatic heterocycles. The molecule has 1 unspecified atom stereocenters. The normalized spacial score (nSPS) is 11.9. The summed E-state index contributed by atoms with van der Waals surface area (Å²) in [5, 5.41) is 19.2. The molecule has 2 N–H and O–H groups in total. The van der Waals surface area contributed by atoms with Crippen molar-refractivity contribution in [3.8, 4) is 16.2 Å². The highest BCUT2D eigenvalue weighted by atomic mass is 32.2. The number of anilines is 2. The zero-order valence-corrected chi connectivity index (χ0v) is 15.2. The summed E-state index contributed by atoms with van der Waals surface area (Å²) in [5.74, 6) is -1.18. The molecule has 1 atom stereocenters. The number of para-hydroxylation sites is 1. The second kappa shape index (κ2) is 7.28. The van der Waals surface area contributed by atoms with E-state index in [1.165, 1.54) is 18.2 Å². The monoisotopic (exact) mass is 388 g/mol. The van der Waals surface area contributed by atoms with Crippen LogP contribution in [0.4, 0.5) is 11.4 Å². The molecule has 8 heteroatoms. The van der Waals surface area contributed by atoms with Crippen molar-refractivity contribution >= 4 is 39.9 Å². The molecule has 0 radical (unpaired) electrons. The maximum atomic E-state index is 11.9. The fourth-order valence-electron chi connectivity index (χ4n) is 2.57. The van der Waals surface area contributed by atoms with Crippen LogP contribution in [0.3, 0.4) is 0 Å². The van der Waals surface area contributed by atoms with E-state index >= 15 is 0 Å². The minimum atomic E-state index is -2.71. The number of carbonyl (C=O) groups is 1. The molecule has 2 aromatic carbocycles. The second-order valence-corrected chi connectivity index (χ2v) is 7.33. The first kappa shape index (κ1) is 18.1. The van der Waals surface area contributed by atoms with Gasteiger partial charge in [-0.25, -0.2) is 4.79 Å². The van der Waals surface area contributed by atoms with E-state index in [2.05, 4.69) is 0 Å². The smallest absolute Gasteiger partial charge is 0.348 e. The number of thiophene rings is 1. The average molecular weight is 388 g/mol. The number of carboxylic acids is 1. The molecule has 3 aromatic rings. The fraction of sp³-hybridized carbons (Fsp3) is 0.0556. The van der Waals surface area contributed by atoms with Crippen molar-refractivity contribution < 1.29 is 23.8 Å². The van der Waals surface area contributed by atoms with Crippen molar-refractivity contribution in [1.29, 1.82) is 0 Å². The van der Waals surface area contributed by atoms with Crippen LogP contribution >= 0.6 is 11.3 Å². The third-order valence-corrected chi connectivity index (χ3v) is 5.59. The summed E-state index contributed by atoms with van der Waals surface area (Å²) in [6.45, 7) is 1.75. The molecule has 0 fully saturated rings. The Hall–Kier alpha value is -2.68. The van der Waals surface area contributed by atoms with Crippen LogP contribution in [0.2, 0.25) is 0 Å². The first-order chi connectivity index (χ1) is 12.4. The van der Waals surface area contributed by atoms with E-state index in [9.17, 15) is 23.8 Å². The number of benzene rings is 2. The SMILES string of the molecule is Cc1ccccc1N(c1cc(-c2cccc(O)c2)sc1C(=O)O)S(=O)[O-]. The van der Waals surface area contributed by atoms with Gasteiger partial charge in [0.15, 0.2) is 0 Å². The van der Waals surface area contributed by atoms with Crippen LogP contribution in [0, 0.1) is 6.92 Å². The summed E-state index contributed by atoms with van der Waals surface area (Å²) in [6, 6.07) is 14.7. The summed E-state index contributed by atoms with van der Waals surface area (Å²) in [5.41, 5.74) is 1.73. The molecule has 26 heavy (non-hydrogen) atoms. The van der Waals surface area contributed by atoms with Gasteiger partial charge in [0.25, 0.3) is 0 Å². The number of aromatic carboxylic acids is 1. The molecule has 0 bridgehead atoms. The van der Waals surface area contributed by atoms with Crippen LogP contribution in [0.15, 0.2) is 54.6 Å². The Labute approximate surface area is 156 Å². The van der Waals surface area contributed by atoms with Crippen LogP contribution in [0.5, 0.6) is 5.75 Å². The Morgan fingerprint density at radius 1 is 1.12 bits per heavy atom. The lowest BCUT2D eigenvalue weighted by atomic mass is 10.1. The first-order valence-electron chi connectivity index (χ1n) is 7.50. The Balaban J connectivity index is 2.20. The van der Waals surface area contributed by atoms with Crippen molar-refractivity contribution in [3.63, 3.8) is 0 Å². The molecular formula is C18H14NO5S2-. The van der Waals surface area contributed by atoms with Gasteiger partial charge in [-0.05, 0) is 42.3 Å². The van der Waals surface area contributed by atoms with Gasteiger partial charge < -0.3 is 14.8 Å². The van der Waals surface area contributed by atoms with E-state index in [-0.39, 0.29) is 16.3 Å². The third-order valence-electron chi connectivity index (χ3n) is 3.74. The largest absolute Gasteiger partial charge is 0.755 e. The van der Waals surface area contributed by atoms with Crippen LogP contribution in [0.1, 0.15) is 15.2 Å². The molecule has 1 heterocycles. The number of phenolic OH excluding ortho intramolecular Hbond substituents is 1. The number of carboxylic acid groups (broad SMARTS) is 1. The molecule has 134 valence electrons. The van der Waals surface area contributed by atoms with Crippen LogP contribution in [-0.2, 0) is 11.3 Å². The number of aromatic hydroxyl groups is 1. The van der Waals surface area contributed by atoms with Gasteiger partial charge in [0, 0.05) is 4.88 Å². The Morgan fingerprint density at radius 3 is 2.46 bits per heavy atom. The van der Waals surface area contributed by atoms with E-state index in [0.717, 1.165) is 15.6 Å². The predicted octanol–water partition coefficient (Wildman–Crippen LogP) is 4.06. The number of hydrogen-bond acceptors (Lipinski definition) is 5. The molecule has 0 aliphatic rings. The van der Waals surface area contributed by atoms with Crippen molar-refractivity contribution in [2.75, 3.05) is 4.31 Å². The van der Waals surface area contributed by atoms with E-state index in [4.69, 9.17) is 0 Å². The number of rotatable bonds is 5. The lowest BCUT2D eigenvalue weighted by Crippen LogP contribution is -2.21. The fourth-order valence-corrected chi connectivity index (χ4v) is 4.27. The van der Waals surface area contributed by atoms with Gasteiger partial charge in [0.1, 0.15) is 10.6 Å². The lowest BCUT2D eigenvalue weighted by Gasteiger charge is -2.27. The standard InChI is InChI=1S/C18H15NO5S2/c1-11-5-2-3-8-14(11)19(26(23)24)15-10-16(25-17(15)18(21)22)12-6-4-7-13(20)9-12/h2-10,20H,1H3,(H,21,22)(H,23,24)/p-1. The van der Waals surface area contributed by atoms with E-state index < -0.39 is 17.2 Å². The van der Waals surface area contributed by atoms with Crippen molar-refractivity contribution in [1.82, 2.24) is 0 Å². The molecule has 0 spiro atoms. The summed E-state index contributed by atoms with van der Waals surface area (Å²) >= 11 is -1.76. The molecular weight excluding hydrogens is 374 g/mol. The summed E-state index contributed by atoms with van der Waals surface area (Å²) in [6.07, 6.45) is 0. The van der Waals surface area contributed by atoms with Gasteiger partial charge >= 0.3 is 5.97 Å². The number of aryl methyl sites for hydroxylation is 1. The minimum absolute atomic E-state index is 0.0393. The Kier molecular flexibility index (Phi) is 5.08. The molecule has 6 nitrogen and oxygen atoms in total. The van der Waals surface area contributed by atoms with Crippen molar-refractivity contribution in [2.45, 2.75) is 6.92 Å². The molecule has 1 aromatic heterocycles. The highest BCUT2D eigenvalue weighted by molar-refractivity contribution is 7.81. The molecule has 0 saturated carbocycles. The average Bonchev–Trinajstić information content (AvgIpc) is 3.02. The van der Waals surface area contributed by atoms with Gasteiger partial charge in [-0.2, -0.15) is 0 Å². The number of hydrogen-bond donors (Lipinski definition) is 2. The van der Waals surface area contributed by atoms with Crippen LogP contribution in [0.25, 0.3) is 10.4 Å². The maximum Gasteiger partial charge on any atom is 0.348 e. The topological polar surface area (TPSA) is 101 Å². The van der Waals surface area contributed by atoms with E-state index in [1.807, 2.05) is 0 Å². The third kappa shape index (κ3) is 3.48. The van der Waals surface area contributed by atoms with Gasteiger partial charge in [0.2, 0.25) is 0 Å². The molecule has 0 saturated heterocycles. The Morgan fingerprint density at radius 2 is 1.85 bits per heavy atom. The second-order valence-electron chi connectivity index (χ2n) is 5.48. The quantitative estimate of drug-likeness (QED) is 0.642. The number of phenols is 1. The van der Waals surface area contributed by atoms with Crippen molar-refractivity contribution in [3.05, 3.63) is 65.0 Å². The summed E-state index contributed by atoms with van der Waals surface area (Å²) in [4.78, 5) is 12.1. The highest BCUT2D eigenvalue weighted by Gasteiger charge is 2.24. The zero-order valence-electron chi connectivity index (χ0n) is 13.6.